The molecule has 2 nitrogen and oxygen atoms in total. The Morgan fingerprint density at radius 1 is 0.947 bits per heavy atom. The van der Waals surface area contributed by atoms with Gasteiger partial charge in [-0.25, -0.2) is 0 Å². The highest BCUT2D eigenvalue weighted by Gasteiger charge is 2.34. The average molecular weight is 256 g/mol. The molecule has 0 saturated carbocycles. The van der Waals surface area contributed by atoms with E-state index in [1.54, 1.807) is 0 Å². The van der Waals surface area contributed by atoms with Crippen LogP contribution in [0.2, 0.25) is 0 Å². The zero-order valence-corrected chi connectivity index (χ0v) is 11.1. The number of rotatable bonds is 5. The summed E-state index contributed by atoms with van der Waals surface area (Å²) in [7, 11) is 0. The van der Waals surface area contributed by atoms with Crippen molar-refractivity contribution in [2.24, 2.45) is 23.7 Å². The Balaban J connectivity index is 1.31. The highest BCUT2D eigenvalue weighted by atomic mass is 16.5. The molecule has 0 aliphatic heterocycles. The van der Waals surface area contributed by atoms with Crippen LogP contribution in [0.15, 0.2) is 47.1 Å². The maximum Gasteiger partial charge on any atom is 0.0687 e. The van der Waals surface area contributed by atoms with Gasteiger partial charge >= 0.3 is 0 Å². The van der Waals surface area contributed by atoms with Crippen LogP contribution < -0.4 is 0 Å². The quantitative estimate of drug-likeness (QED) is 0.766. The minimum Gasteiger partial charge on any atom is -0.392 e. The van der Waals surface area contributed by atoms with Crippen LogP contribution in [0.25, 0.3) is 0 Å². The first-order chi connectivity index (χ1) is 9.33. The predicted octanol–water partition coefficient (Wildman–Crippen LogP) is 2.63. The van der Waals surface area contributed by atoms with E-state index in [0.717, 1.165) is 19.6 Å². The van der Waals surface area contributed by atoms with E-state index in [-0.39, 0.29) is 6.61 Å². The molecule has 4 rings (SSSR count). The zero-order chi connectivity index (χ0) is 12.8. The molecular formula is C17H20O2. The van der Waals surface area contributed by atoms with E-state index in [1.165, 1.54) is 23.1 Å². The molecular weight excluding hydrogens is 236 g/mol. The van der Waals surface area contributed by atoms with E-state index in [2.05, 4.69) is 30.4 Å². The molecule has 4 unspecified atom stereocenters. The normalized spacial score (nSPS) is 37.8. The first kappa shape index (κ1) is 11.7. The summed E-state index contributed by atoms with van der Waals surface area (Å²) in [5.74, 6) is 2.33. The van der Waals surface area contributed by atoms with E-state index in [9.17, 15) is 5.11 Å². The lowest BCUT2D eigenvalue weighted by Crippen LogP contribution is -2.12. The summed E-state index contributed by atoms with van der Waals surface area (Å²) in [6.07, 6.45) is 14.0. The molecule has 19 heavy (non-hydrogen) atoms. The fraction of sp³-hybridized carbons (Fsp3) is 0.529. The maximum atomic E-state index is 9.32. The number of aliphatic hydroxyl groups excluding tert-OH is 1. The van der Waals surface area contributed by atoms with Gasteiger partial charge in [0, 0.05) is 11.8 Å². The number of hydrogen-bond acceptors (Lipinski definition) is 2. The Kier molecular flexibility index (Phi) is 2.75. The van der Waals surface area contributed by atoms with E-state index in [4.69, 9.17) is 4.74 Å². The number of allylic oxidation sites excluding steroid dienone is 5. The Morgan fingerprint density at radius 3 is 2.42 bits per heavy atom. The van der Waals surface area contributed by atoms with Gasteiger partial charge in [0.15, 0.2) is 0 Å². The standard InChI is InChI=1S/C17H20O2/c18-8-14-5-12-6-16(17(14)7-12)10-19-9-15-4-11-1-2-13(15)3-11/h1-2,4-6,11-13,17-18H,3,7-10H2. The molecule has 1 N–H and O–H groups in total. The van der Waals surface area contributed by atoms with Gasteiger partial charge in [-0.3, -0.25) is 0 Å². The first-order valence-electron chi connectivity index (χ1n) is 7.32. The van der Waals surface area contributed by atoms with Gasteiger partial charge in [-0.15, -0.1) is 0 Å². The lowest BCUT2D eigenvalue weighted by atomic mass is 9.96. The molecule has 4 bridgehead atoms. The fourth-order valence-electron chi connectivity index (χ4n) is 4.06. The van der Waals surface area contributed by atoms with Crippen LogP contribution in [0.3, 0.4) is 0 Å². The minimum atomic E-state index is 0.207. The Morgan fingerprint density at radius 2 is 1.74 bits per heavy atom. The highest BCUT2D eigenvalue weighted by molar-refractivity contribution is 5.37. The van der Waals surface area contributed by atoms with E-state index >= 15 is 0 Å². The van der Waals surface area contributed by atoms with Gasteiger partial charge in [0.2, 0.25) is 0 Å². The molecule has 0 spiro atoms. The number of hydrogen-bond donors (Lipinski definition) is 1. The van der Waals surface area contributed by atoms with Gasteiger partial charge < -0.3 is 9.84 Å². The van der Waals surface area contributed by atoms with Crippen molar-refractivity contribution in [3.05, 3.63) is 47.1 Å². The third-order valence-electron chi connectivity index (χ3n) is 5.00. The Hall–Kier alpha value is -1.12. The van der Waals surface area contributed by atoms with E-state index in [1.807, 2.05) is 0 Å². The molecule has 0 amide bonds. The van der Waals surface area contributed by atoms with Gasteiger partial charge in [0.25, 0.3) is 0 Å². The van der Waals surface area contributed by atoms with Crippen LogP contribution in [-0.2, 0) is 4.74 Å². The molecule has 0 saturated heterocycles. The van der Waals surface area contributed by atoms with Gasteiger partial charge in [-0.1, -0.05) is 30.4 Å². The van der Waals surface area contributed by atoms with Gasteiger partial charge in [0.05, 0.1) is 19.8 Å². The fourth-order valence-corrected chi connectivity index (χ4v) is 4.06. The molecule has 4 atom stereocenters. The highest BCUT2D eigenvalue weighted by Crippen LogP contribution is 2.43. The predicted molar refractivity (Wildman–Crippen MR) is 74.5 cm³/mol. The molecule has 0 aromatic carbocycles. The summed E-state index contributed by atoms with van der Waals surface area (Å²) in [5.41, 5.74) is 4.05. The Bertz CT molecular complexity index is 509. The van der Waals surface area contributed by atoms with Crippen LogP contribution in [0.4, 0.5) is 0 Å². The number of fused-ring (bicyclic) bond motifs is 4. The molecule has 4 aliphatic rings. The molecule has 2 heteroatoms. The van der Waals surface area contributed by atoms with Crippen LogP contribution in [-0.4, -0.2) is 24.9 Å². The lowest BCUT2D eigenvalue weighted by molar-refractivity contribution is 0.170. The SMILES string of the molecule is OCC1=CC2C=C(COCC3=CC4C=CC3C4)C1C2. The van der Waals surface area contributed by atoms with Crippen molar-refractivity contribution < 1.29 is 9.84 Å². The van der Waals surface area contributed by atoms with Gasteiger partial charge in [-0.2, -0.15) is 0 Å². The second kappa shape index (κ2) is 4.46. The second-order valence-corrected chi connectivity index (χ2v) is 6.22. The number of aliphatic hydroxyl groups is 1. The summed E-state index contributed by atoms with van der Waals surface area (Å²) >= 11 is 0. The smallest absolute Gasteiger partial charge is 0.0687 e. The summed E-state index contributed by atoms with van der Waals surface area (Å²) in [6.45, 7) is 1.72. The summed E-state index contributed by atoms with van der Waals surface area (Å²) in [5, 5.41) is 9.32. The maximum absolute atomic E-state index is 9.32. The molecule has 0 aromatic heterocycles. The third-order valence-corrected chi connectivity index (χ3v) is 5.00. The van der Waals surface area contributed by atoms with Crippen LogP contribution >= 0.6 is 0 Å². The van der Waals surface area contributed by atoms with Crippen LogP contribution in [0, 0.1) is 23.7 Å². The van der Waals surface area contributed by atoms with Crippen molar-refractivity contribution in [2.45, 2.75) is 12.8 Å². The first-order valence-corrected chi connectivity index (χ1v) is 7.32. The minimum absolute atomic E-state index is 0.207. The largest absolute Gasteiger partial charge is 0.392 e. The zero-order valence-electron chi connectivity index (χ0n) is 11.1. The third kappa shape index (κ3) is 1.94. The molecule has 100 valence electrons. The molecule has 0 heterocycles. The number of ether oxygens (including phenoxy) is 1. The molecule has 4 aliphatic carbocycles. The second-order valence-electron chi connectivity index (χ2n) is 6.22. The van der Waals surface area contributed by atoms with Crippen LogP contribution in [0.5, 0.6) is 0 Å². The summed E-state index contributed by atoms with van der Waals surface area (Å²) in [4.78, 5) is 0. The van der Waals surface area contributed by atoms with E-state index in [0.29, 0.717) is 23.7 Å². The van der Waals surface area contributed by atoms with Crippen LogP contribution in [0.1, 0.15) is 12.8 Å². The lowest BCUT2D eigenvalue weighted by Gasteiger charge is -2.17. The molecule has 0 radical (unpaired) electrons. The van der Waals surface area contributed by atoms with Crippen molar-refractivity contribution in [3.8, 4) is 0 Å². The van der Waals surface area contributed by atoms with Crippen molar-refractivity contribution in [1.82, 2.24) is 0 Å². The monoisotopic (exact) mass is 256 g/mol. The topological polar surface area (TPSA) is 29.5 Å². The van der Waals surface area contributed by atoms with Crippen molar-refractivity contribution in [3.63, 3.8) is 0 Å². The van der Waals surface area contributed by atoms with Gasteiger partial charge in [-0.05, 0) is 41.4 Å². The average Bonchev–Trinajstić information content (AvgIpc) is 3.17. The van der Waals surface area contributed by atoms with Crippen molar-refractivity contribution in [2.75, 3.05) is 19.8 Å². The summed E-state index contributed by atoms with van der Waals surface area (Å²) < 4.78 is 5.92. The van der Waals surface area contributed by atoms with Crippen molar-refractivity contribution >= 4 is 0 Å². The molecule has 0 aromatic rings. The van der Waals surface area contributed by atoms with E-state index < -0.39 is 0 Å². The summed E-state index contributed by atoms with van der Waals surface area (Å²) in [6, 6.07) is 0. The molecule has 0 fully saturated rings. The Labute approximate surface area is 114 Å². The van der Waals surface area contributed by atoms with Crippen molar-refractivity contribution in [1.29, 1.82) is 0 Å². The van der Waals surface area contributed by atoms with Gasteiger partial charge in [0.1, 0.15) is 0 Å².